The van der Waals surface area contributed by atoms with Crippen molar-refractivity contribution in [3.05, 3.63) is 0 Å². The van der Waals surface area contributed by atoms with E-state index in [4.69, 9.17) is 9.84 Å². The van der Waals surface area contributed by atoms with Crippen molar-refractivity contribution in [1.82, 2.24) is 10.2 Å². The molecule has 0 aromatic carbocycles. The number of ether oxygens (including phenoxy) is 1. The Kier molecular flexibility index (Phi) is 5.74. The maximum Gasteiger partial charge on any atom is 0.327 e. The summed E-state index contributed by atoms with van der Waals surface area (Å²) in [6.45, 7) is 4.76. The van der Waals surface area contributed by atoms with Crippen LogP contribution < -0.4 is 5.32 Å². The number of methoxy groups -OCH3 is 1. The quantitative estimate of drug-likeness (QED) is 0.727. The predicted molar refractivity (Wildman–Crippen MR) is 69.6 cm³/mol. The van der Waals surface area contributed by atoms with Gasteiger partial charge in [-0.2, -0.15) is 0 Å². The molecule has 1 saturated heterocycles. The van der Waals surface area contributed by atoms with E-state index in [1.165, 1.54) is 16.7 Å². The maximum absolute atomic E-state index is 12.0. The molecule has 1 aliphatic rings. The topological polar surface area (TPSA) is 78.9 Å². The largest absolute Gasteiger partial charge is 0.480 e. The molecule has 2 atom stereocenters. The number of hydrogen-bond acceptors (Lipinski definition) is 4. The highest BCUT2D eigenvalue weighted by Crippen LogP contribution is 2.33. The first kappa shape index (κ1) is 15.1. The number of hydrogen-bond donors (Lipinski definition) is 2. The Labute approximate surface area is 111 Å². The number of nitrogens with zero attached hydrogens (tertiary/aromatic N) is 1. The minimum absolute atomic E-state index is 0.0892. The SMILES string of the molecule is COCCNC(=O)N1C(C(=O)O)CSC1C(C)C. The van der Waals surface area contributed by atoms with Crippen molar-refractivity contribution in [3.8, 4) is 0 Å². The van der Waals surface area contributed by atoms with Crippen LogP contribution in [0.15, 0.2) is 0 Å². The van der Waals surface area contributed by atoms with Crippen molar-refractivity contribution in [2.75, 3.05) is 26.0 Å². The second-order valence-electron chi connectivity index (χ2n) is 4.45. The van der Waals surface area contributed by atoms with Crippen LogP contribution in [0.3, 0.4) is 0 Å². The van der Waals surface area contributed by atoms with Gasteiger partial charge < -0.3 is 15.2 Å². The summed E-state index contributed by atoms with van der Waals surface area (Å²) in [5, 5.41) is 11.7. The minimum atomic E-state index is -0.951. The Morgan fingerprint density at radius 1 is 1.56 bits per heavy atom. The van der Waals surface area contributed by atoms with Crippen LogP contribution in [-0.2, 0) is 9.53 Å². The summed E-state index contributed by atoms with van der Waals surface area (Å²) in [6.07, 6.45) is 0. The van der Waals surface area contributed by atoms with E-state index in [2.05, 4.69) is 5.32 Å². The van der Waals surface area contributed by atoms with Crippen molar-refractivity contribution in [3.63, 3.8) is 0 Å². The number of carboxylic acids is 1. The van der Waals surface area contributed by atoms with Gasteiger partial charge in [-0.25, -0.2) is 9.59 Å². The van der Waals surface area contributed by atoms with Crippen molar-refractivity contribution in [1.29, 1.82) is 0 Å². The molecule has 0 radical (unpaired) electrons. The van der Waals surface area contributed by atoms with Crippen LogP contribution in [0.2, 0.25) is 0 Å². The summed E-state index contributed by atoms with van der Waals surface area (Å²) in [4.78, 5) is 24.6. The Morgan fingerprint density at radius 2 is 2.22 bits per heavy atom. The lowest BCUT2D eigenvalue weighted by Gasteiger charge is -2.29. The van der Waals surface area contributed by atoms with Crippen molar-refractivity contribution < 1.29 is 19.4 Å². The summed E-state index contributed by atoms with van der Waals surface area (Å²) in [5.74, 6) is -0.296. The molecule has 0 aromatic heterocycles. The van der Waals surface area contributed by atoms with E-state index in [-0.39, 0.29) is 17.3 Å². The lowest BCUT2D eigenvalue weighted by Crippen LogP contribution is -2.51. The standard InChI is InChI=1S/C11H20N2O4S/c1-7(2)9-13(8(6-18-9)10(14)15)11(16)12-4-5-17-3/h7-9H,4-6H2,1-3H3,(H,12,16)(H,14,15). The number of thioether (sulfide) groups is 1. The Bertz CT molecular complexity index is 311. The van der Waals surface area contributed by atoms with Gasteiger partial charge in [-0.3, -0.25) is 4.90 Å². The number of carboxylic acid groups (broad SMARTS) is 1. The molecule has 0 saturated carbocycles. The normalized spacial score (nSPS) is 23.4. The van der Waals surface area contributed by atoms with E-state index in [1.54, 1.807) is 7.11 Å². The summed E-state index contributed by atoms with van der Waals surface area (Å²) in [6, 6.07) is -1.08. The zero-order valence-electron chi connectivity index (χ0n) is 10.9. The van der Waals surface area contributed by atoms with Gasteiger partial charge in [0.1, 0.15) is 6.04 Å². The highest BCUT2D eigenvalue weighted by molar-refractivity contribution is 8.00. The van der Waals surface area contributed by atoms with Gasteiger partial charge in [-0.05, 0) is 5.92 Å². The number of nitrogens with one attached hydrogen (secondary N) is 1. The fraction of sp³-hybridized carbons (Fsp3) is 0.818. The summed E-state index contributed by atoms with van der Waals surface area (Å²) in [7, 11) is 1.55. The van der Waals surface area contributed by atoms with Crippen LogP contribution in [-0.4, -0.2) is 59.4 Å². The predicted octanol–water partition coefficient (Wildman–Crippen LogP) is 0.827. The van der Waals surface area contributed by atoms with Crippen LogP contribution in [0.1, 0.15) is 13.8 Å². The highest BCUT2D eigenvalue weighted by atomic mass is 32.2. The second kappa shape index (κ2) is 6.84. The molecule has 2 N–H and O–H groups in total. The van der Waals surface area contributed by atoms with Gasteiger partial charge in [0.25, 0.3) is 0 Å². The van der Waals surface area contributed by atoms with Gasteiger partial charge in [-0.1, -0.05) is 13.8 Å². The number of rotatable bonds is 5. The summed E-state index contributed by atoms with van der Waals surface area (Å²) >= 11 is 1.52. The maximum atomic E-state index is 12.0. The number of amides is 2. The molecular weight excluding hydrogens is 256 g/mol. The molecule has 7 heteroatoms. The van der Waals surface area contributed by atoms with Crippen LogP contribution in [0.25, 0.3) is 0 Å². The average molecular weight is 276 g/mol. The van der Waals surface area contributed by atoms with E-state index in [0.717, 1.165) is 0 Å². The van der Waals surface area contributed by atoms with E-state index in [1.807, 2.05) is 13.8 Å². The monoisotopic (exact) mass is 276 g/mol. The molecule has 1 aliphatic heterocycles. The lowest BCUT2D eigenvalue weighted by molar-refractivity contribution is -0.141. The fourth-order valence-electron chi connectivity index (χ4n) is 1.84. The molecule has 2 unspecified atom stereocenters. The Morgan fingerprint density at radius 3 is 2.72 bits per heavy atom. The minimum Gasteiger partial charge on any atom is -0.480 e. The number of aliphatic carboxylic acids is 1. The van der Waals surface area contributed by atoms with E-state index < -0.39 is 12.0 Å². The first-order valence-corrected chi connectivity index (χ1v) is 6.93. The molecule has 2 amide bonds. The molecule has 6 nitrogen and oxygen atoms in total. The molecule has 1 rings (SSSR count). The van der Waals surface area contributed by atoms with Crippen molar-refractivity contribution in [2.24, 2.45) is 5.92 Å². The molecule has 0 spiro atoms. The fourth-order valence-corrected chi connectivity index (χ4v) is 3.31. The van der Waals surface area contributed by atoms with Crippen LogP contribution in [0, 0.1) is 5.92 Å². The van der Waals surface area contributed by atoms with Crippen LogP contribution >= 0.6 is 11.8 Å². The average Bonchev–Trinajstić information content (AvgIpc) is 2.73. The molecule has 104 valence electrons. The summed E-state index contributed by atoms with van der Waals surface area (Å²) < 4.78 is 4.85. The second-order valence-corrected chi connectivity index (χ2v) is 5.60. The third kappa shape index (κ3) is 3.52. The summed E-state index contributed by atoms with van der Waals surface area (Å²) in [5.41, 5.74) is 0. The zero-order chi connectivity index (χ0) is 13.7. The van der Waals surface area contributed by atoms with E-state index >= 15 is 0 Å². The Balaban J connectivity index is 2.70. The number of carbonyl (C=O) groups is 2. The number of carbonyl (C=O) groups excluding carboxylic acids is 1. The molecule has 18 heavy (non-hydrogen) atoms. The Hall–Kier alpha value is -0.950. The van der Waals surface area contributed by atoms with Gasteiger partial charge in [-0.15, -0.1) is 11.8 Å². The van der Waals surface area contributed by atoms with Gasteiger partial charge in [0.2, 0.25) is 0 Å². The van der Waals surface area contributed by atoms with Gasteiger partial charge >= 0.3 is 12.0 Å². The van der Waals surface area contributed by atoms with Gasteiger partial charge in [0.15, 0.2) is 0 Å². The van der Waals surface area contributed by atoms with Crippen LogP contribution in [0.4, 0.5) is 4.79 Å². The smallest absolute Gasteiger partial charge is 0.327 e. The van der Waals surface area contributed by atoms with Crippen molar-refractivity contribution >= 4 is 23.8 Å². The molecule has 0 aromatic rings. The molecule has 1 heterocycles. The highest BCUT2D eigenvalue weighted by Gasteiger charge is 2.42. The van der Waals surface area contributed by atoms with Gasteiger partial charge in [0.05, 0.1) is 12.0 Å². The molecule has 0 bridgehead atoms. The van der Waals surface area contributed by atoms with Gasteiger partial charge in [0, 0.05) is 19.4 Å². The molecule has 1 fully saturated rings. The van der Waals surface area contributed by atoms with Crippen molar-refractivity contribution in [2.45, 2.75) is 25.3 Å². The third-order valence-corrected chi connectivity index (χ3v) is 4.33. The van der Waals surface area contributed by atoms with E-state index in [0.29, 0.717) is 18.9 Å². The third-order valence-electron chi connectivity index (χ3n) is 2.71. The first-order chi connectivity index (χ1) is 8.49. The lowest BCUT2D eigenvalue weighted by atomic mass is 10.2. The first-order valence-electron chi connectivity index (χ1n) is 5.88. The molecular formula is C11H20N2O4S. The number of urea groups is 1. The van der Waals surface area contributed by atoms with Crippen LogP contribution in [0.5, 0.6) is 0 Å². The molecule has 0 aliphatic carbocycles. The van der Waals surface area contributed by atoms with E-state index in [9.17, 15) is 9.59 Å². The zero-order valence-corrected chi connectivity index (χ0v) is 11.7.